The van der Waals surface area contributed by atoms with Crippen LogP contribution in [-0.4, -0.2) is 47.2 Å². The minimum Gasteiger partial charge on any atom is -0.493 e. The van der Waals surface area contributed by atoms with Gasteiger partial charge in [0.1, 0.15) is 4.90 Å². The van der Waals surface area contributed by atoms with E-state index in [-0.39, 0.29) is 22.3 Å². The van der Waals surface area contributed by atoms with E-state index in [0.717, 1.165) is 50.4 Å². The lowest BCUT2D eigenvalue weighted by Crippen LogP contribution is -2.32. The molecule has 0 fully saturated rings. The standard InChI is InChI=1S/C21H26Cl2N2O4S.ClH/c1-28-19-11-15-7-10-25(14-16(15)12-20(19)29-2)9-4-3-8-24-30(26,27)21-13-17(22)5-6-18(21)23;/h5-6,11-13,24H,3-4,7-10,14H2,1-2H3;1H. The van der Waals surface area contributed by atoms with Gasteiger partial charge in [-0.3, -0.25) is 4.90 Å². The first kappa shape index (κ1) is 26.0. The zero-order valence-corrected chi connectivity index (χ0v) is 20.6. The van der Waals surface area contributed by atoms with Crippen LogP contribution in [0.15, 0.2) is 35.2 Å². The molecule has 2 aromatic carbocycles. The van der Waals surface area contributed by atoms with E-state index in [4.69, 9.17) is 32.7 Å². The first-order valence-corrected chi connectivity index (χ1v) is 12.0. The molecule has 1 N–H and O–H groups in total. The summed E-state index contributed by atoms with van der Waals surface area (Å²) < 4.78 is 38.3. The monoisotopic (exact) mass is 508 g/mol. The van der Waals surface area contributed by atoms with Crippen molar-refractivity contribution >= 4 is 45.6 Å². The molecular weight excluding hydrogens is 483 g/mol. The minimum atomic E-state index is -3.68. The Morgan fingerprint density at radius 3 is 2.39 bits per heavy atom. The molecule has 0 aromatic heterocycles. The van der Waals surface area contributed by atoms with E-state index in [0.29, 0.717) is 11.6 Å². The average molecular weight is 510 g/mol. The van der Waals surface area contributed by atoms with Crippen molar-refractivity contribution in [3.05, 3.63) is 51.5 Å². The van der Waals surface area contributed by atoms with Crippen LogP contribution in [0.4, 0.5) is 0 Å². The van der Waals surface area contributed by atoms with Crippen molar-refractivity contribution in [2.24, 2.45) is 0 Å². The molecule has 1 aliphatic heterocycles. The summed E-state index contributed by atoms with van der Waals surface area (Å²) in [7, 11) is -0.391. The molecule has 0 radical (unpaired) electrons. The summed E-state index contributed by atoms with van der Waals surface area (Å²) in [5.41, 5.74) is 2.53. The quantitative estimate of drug-likeness (QED) is 0.502. The van der Waals surface area contributed by atoms with Gasteiger partial charge in [0.25, 0.3) is 0 Å². The number of hydrogen-bond acceptors (Lipinski definition) is 5. The highest BCUT2D eigenvalue weighted by Crippen LogP contribution is 2.33. The maximum Gasteiger partial charge on any atom is 0.242 e. The summed E-state index contributed by atoms with van der Waals surface area (Å²) in [6.45, 7) is 3.06. The second kappa shape index (κ2) is 11.6. The van der Waals surface area contributed by atoms with Crippen molar-refractivity contribution in [1.82, 2.24) is 9.62 Å². The summed E-state index contributed by atoms with van der Waals surface area (Å²) in [5, 5.41) is 0.491. The Bertz CT molecular complexity index is 1000. The Hall–Kier alpha value is -1.22. The lowest BCUT2D eigenvalue weighted by Gasteiger charge is -2.29. The number of rotatable bonds is 9. The Kier molecular flexibility index (Phi) is 9.73. The van der Waals surface area contributed by atoms with Gasteiger partial charge in [-0.25, -0.2) is 13.1 Å². The fourth-order valence-corrected chi connectivity index (χ4v) is 5.39. The van der Waals surface area contributed by atoms with Gasteiger partial charge in [0, 0.05) is 24.7 Å². The number of fused-ring (bicyclic) bond motifs is 1. The summed E-state index contributed by atoms with van der Waals surface area (Å²) in [6, 6.07) is 8.51. The zero-order chi connectivity index (χ0) is 21.7. The predicted molar refractivity (Wildman–Crippen MR) is 127 cm³/mol. The van der Waals surface area contributed by atoms with Crippen LogP contribution in [-0.2, 0) is 23.0 Å². The third kappa shape index (κ3) is 6.63. The highest BCUT2D eigenvalue weighted by molar-refractivity contribution is 7.89. The Morgan fingerprint density at radius 2 is 1.71 bits per heavy atom. The Morgan fingerprint density at radius 1 is 1.03 bits per heavy atom. The van der Waals surface area contributed by atoms with Crippen molar-refractivity contribution in [3.8, 4) is 11.5 Å². The highest BCUT2D eigenvalue weighted by atomic mass is 35.5. The van der Waals surface area contributed by atoms with Crippen molar-refractivity contribution in [1.29, 1.82) is 0 Å². The number of hydrogen-bond donors (Lipinski definition) is 1. The molecule has 0 aliphatic carbocycles. The van der Waals surface area contributed by atoms with E-state index in [9.17, 15) is 8.42 Å². The van der Waals surface area contributed by atoms with Gasteiger partial charge in [-0.05, 0) is 67.3 Å². The number of nitrogens with one attached hydrogen (secondary N) is 1. The molecule has 6 nitrogen and oxygen atoms in total. The Balaban J connectivity index is 0.00000341. The molecule has 0 bridgehead atoms. The van der Waals surface area contributed by atoms with E-state index in [1.807, 2.05) is 6.07 Å². The second-order valence-corrected chi connectivity index (χ2v) is 9.76. The number of halogens is 3. The third-order valence-electron chi connectivity index (χ3n) is 5.17. The lowest BCUT2D eigenvalue weighted by molar-refractivity contribution is 0.248. The van der Waals surface area contributed by atoms with Gasteiger partial charge < -0.3 is 9.47 Å². The van der Waals surface area contributed by atoms with E-state index >= 15 is 0 Å². The molecule has 10 heteroatoms. The van der Waals surface area contributed by atoms with Crippen molar-refractivity contribution in [2.45, 2.75) is 30.7 Å². The SMILES string of the molecule is COc1cc2c(cc1OC)CN(CCCCNS(=O)(=O)c1cc(Cl)ccc1Cl)CC2.Cl. The van der Waals surface area contributed by atoms with Crippen LogP contribution in [0.25, 0.3) is 0 Å². The third-order valence-corrected chi connectivity index (χ3v) is 7.35. The Labute approximate surface area is 200 Å². The summed E-state index contributed by atoms with van der Waals surface area (Å²) in [6.07, 6.45) is 2.57. The van der Waals surface area contributed by atoms with Gasteiger partial charge in [0.05, 0.1) is 19.2 Å². The first-order valence-electron chi connectivity index (χ1n) is 9.75. The molecule has 2 aromatic rings. The molecular formula is C21H27Cl3N2O4S. The fraction of sp³-hybridized carbons (Fsp3) is 0.429. The summed E-state index contributed by atoms with van der Waals surface area (Å²) in [4.78, 5) is 2.38. The molecule has 172 valence electrons. The topological polar surface area (TPSA) is 67.9 Å². The molecule has 0 saturated carbocycles. The van der Waals surface area contributed by atoms with Gasteiger partial charge in [-0.15, -0.1) is 12.4 Å². The molecule has 1 aliphatic rings. The smallest absolute Gasteiger partial charge is 0.242 e. The number of nitrogens with zero attached hydrogens (tertiary/aromatic N) is 1. The summed E-state index contributed by atoms with van der Waals surface area (Å²) in [5.74, 6) is 1.50. The number of benzene rings is 2. The molecule has 31 heavy (non-hydrogen) atoms. The molecule has 3 rings (SSSR count). The van der Waals surface area contributed by atoms with Crippen molar-refractivity contribution < 1.29 is 17.9 Å². The van der Waals surface area contributed by atoms with Crippen LogP contribution < -0.4 is 14.2 Å². The van der Waals surface area contributed by atoms with Gasteiger partial charge in [-0.1, -0.05) is 23.2 Å². The highest BCUT2D eigenvalue weighted by Gasteiger charge is 2.20. The number of unbranched alkanes of at least 4 members (excludes halogenated alkanes) is 1. The lowest BCUT2D eigenvalue weighted by atomic mass is 9.98. The van der Waals surface area contributed by atoms with Gasteiger partial charge in [0.2, 0.25) is 10.0 Å². The molecule has 0 unspecified atom stereocenters. The van der Waals surface area contributed by atoms with Crippen LogP contribution in [0.5, 0.6) is 11.5 Å². The maximum atomic E-state index is 12.4. The van der Waals surface area contributed by atoms with Crippen LogP contribution in [0.2, 0.25) is 10.0 Å². The number of ether oxygens (including phenoxy) is 2. The zero-order valence-electron chi connectivity index (χ0n) is 17.5. The minimum absolute atomic E-state index is 0. The van der Waals surface area contributed by atoms with E-state index < -0.39 is 10.0 Å². The van der Waals surface area contributed by atoms with Gasteiger partial charge >= 0.3 is 0 Å². The van der Waals surface area contributed by atoms with Crippen molar-refractivity contribution in [2.75, 3.05) is 33.9 Å². The predicted octanol–water partition coefficient (Wildman–Crippen LogP) is 4.55. The van der Waals surface area contributed by atoms with Gasteiger partial charge in [0.15, 0.2) is 11.5 Å². The number of sulfonamides is 1. The largest absolute Gasteiger partial charge is 0.493 e. The molecule has 1 heterocycles. The second-order valence-electron chi connectivity index (χ2n) is 7.18. The summed E-state index contributed by atoms with van der Waals surface area (Å²) >= 11 is 11.9. The number of methoxy groups -OCH3 is 2. The molecule has 0 spiro atoms. The van der Waals surface area contributed by atoms with Crippen LogP contribution >= 0.6 is 35.6 Å². The average Bonchev–Trinajstić information content (AvgIpc) is 2.73. The van der Waals surface area contributed by atoms with E-state index in [1.165, 1.54) is 23.3 Å². The van der Waals surface area contributed by atoms with E-state index in [2.05, 4.69) is 15.7 Å². The van der Waals surface area contributed by atoms with Crippen molar-refractivity contribution in [3.63, 3.8) is 0 Å². The maximum absolute atomic E-state index is 12.4. The van der Waals surface area contributed by atoms with Crippen LogP contribution in [0, 0.1) is 0 Å². The molecule has 0 amide bonds. The molecule has 0 saturated heterocycles. The fourth-order valence-electron chi connectivity index (χ4n) is 3.56. The molecule has 0 atom stereocenters. The van der Waals surface area contributed by atoms with E-state index in [1.54, 1.807) is 20.3 Å². The van der Waals surface area contributed by atoms with Crippen LogP contribution in [0.1, 0.15) is 24.0 Å². The van der Waals surface area contributed by atoms with Crippen LogP contribution in [0.3, 0.4) is 0 Å². The first-order chi connectivity index (χ1) is 14.3. The normalized spacial score (nSPS) is 13.9. The van der Waals surface area contributed by atoms with Gasteiger partial charge in [-0.2, -0.15) is 0 Å².